The van der Waals surface area contributed by atoms with Gasteiger partial charge in [-0.2, -0.15) is 11.8 Å². The van der Waals surface area contributed by atoms with Crippen LogP contribution in [-0.2, 0) is 4.79 Å². The number of hydrogen-bond donors (Lipinski definition) is 3. The van der Waals surface area contributed by atoms with Gasteiger partial charge in [-0.05, 0) is 49.6 Å². The summed E-state index contributed by atoms with van der Waals surface area (Å²) in [4.78, 5) is 23.4. The lowest BCUT2D eigenvalue weighted by Gasteiger charge is -2.12. The van der Waals surface area contributed by atoms with Gasteiger partial charge >= 0.3 is 0 Å². The molecule has 0 bridgehead atoms. The summed E-state index contributed by atoms with van der Waals surface area (Å²) in [6.45, 7) is 2.45. The summed E-state index contributed by atoms with van der Waals surface area (Å²) in [5, 5.41) is 5.46. The van der Waals surface area contributed by atoms with Crippen molar-refractivity contribution in [3.8, 4) is 0 Å². The van der Waals surface area contributed by atoms with Gasteiger partial charge in [0.2, 0.25) is 5.91 Å². The van der Waals surface area contributed by atoms with E-state index >= 15 is 0 Å². The van der Waals surface area contributed by atoms with Crippen LogP contribution < -0.4 is 16.4 Å². The topological polar surface area (TPSA) is 84.2 Å². The van der Waals surface area contributed by atoms with Crippen LogP contribution in [0.5, 0.6) is 0 Å². The van der Waals surface area contributed by atoms with Gasteiger partial charge in [0.25, 0.3) is 5.91 Å². The number of anilines is 1. The minimum absolute atomic E-state index is 0.123. The van der Waals surface area contributed by atoms with Crippen molar-refractivity contribution in [1.29, 1.82) is 0 Å². The Hall–Kier alpha value is -1.53. The van der Waals surface area contributed by atoms with Crippen LogP contribution in [0.1, 0.15) is 23.7 Å². The first-order valence-electron chi connectivity index (χ1n) is 6.52. The number of carbonyl (C=O) groups excluding carboxylic acids is 2. The fraction of sp³-hybridized carbons (Fsp3) is 0.429. The summed E-state index contributed by atoms with van der Waals surface area (Å²) in [6.07, 6.45) is 2.62. The van der Waals surface area contributed by atoms with Crippen molar-refractivity contribution in [2.75, 3.05) is 23.9 Å². The maximum atomic E-state index is 11.8. The molecule has 0 heterocycles. The quantitative estimate of drug-likeness (QED) is 0.711. The lowest BCUT2D eigenvalue weighted by molar-refractivity contribution is -0.117. The van der Waals surface area contributed by atoms with E-state index in [0.717, 1.165) is 5.75 Å². The van der Waals surface area contributed by atoms with E-state index in [2.05, 4.69) is 10.6 Å². The monoisotopic (exact) mass is 295 g/mol. The number of benzene rings is 1. The average molecular weight is 295 g/mol. The molecule has 0 radical (unpaired) electrons. The second-order valence-electron chi connectivity index (χ2n) is 4.31. The van der Waals surface area contributed by atoms with Crippen LogP contribution in [0.3, 0.4) is 0 Å². The van der Waals surface area contributed by atoms with E-state index < -0.39 is 6.04 Å². The van der Waals surface area contributed by atoms with Crippen molar-refractivity contribution >= 4 is 29.3 Å². The van der Waals surface area contributed by atoms with E-state index in [1.807, 2.05) is 13.2 Å². The Kier molecular flexibility index (Phi) is 7.11. The van der Waals surface area contributed by atoms with Crippen molar-refractivity contribution in [3.05, 3.63) is 29.8 Å². The summed E-state index contributed by atoms with van der Waals surface area (Å²) in [7, 11) is 0. The van der Waals surface area contributed by atoms with E-state index in [1.54, 1.807) is 36.0 Å². The van der Waals surface area contributed by atoms with Crippen LogP contribution >= 0.6 is 11.8 Å². The molecule has 0 unspecified atom stereocenters. The lowest BCUT2D eigenvalue weighted by Crippen LogP contribution is -2.36. The van der Waals surface area contributed by atoms with Gasteiger partial charge in [0.05, 0.1) is 6.04 Å². The zero-order chi connectivity index (χ0) is 15.0. The standard InChI is InChI=1S/C14H21N3O2S/c1-3-16-13(18)10-4-6-11(7-5-10)17-14(19)12(15)8-9-20-2/h4-7,12H,3,8-9,15H2,1-2H3,(H,16,18)(H,17,19)/t12-/m1/s1. The first-order valence-corrected chi connectivity index (χ1v) is 7.91. The van der Waals surface area contributed by atoms with Gasteiger partial charge in [-0.3, -0.25) is 9.59 Å². The molecule has 0 aliphatic carbocycles. The van der Waals surface area contributed by atoms with Gasteiger partial charge in [-0.25, -0.2) is 0 Å². The summed E-state index contributed by atoms with van der Waals surface area (Å²) >= 11 is 1.66. The van der Waals surface area contributed by atoms with Crippen LogP contribution in [0, 0.1) is 0 Å². The SMILES string of the molecule is CCNC(=O)c1ccc(NC(=O)[C@H](N)CCSC)cc1. The van der Waals surface area contributed by atoms with Crippen LogP contribution in [0.15, 0.2) is 24.3 Å². The Morgan fingerprint density at radius 2 is 1.95 bits per heavy atom. The highest BCUT2D eigenvalue weighted by Gasteiger charge is 2.13. The van der Waals surface area contributed by atoms with Crippen molar-refractivity contribution in [2.45, 2.75) is 19.4 Å². The Balaban J connectivity index is 2.56. The molecule has 4 N–H and O–H groups in total. The lowest BCUT2D eigenvalue weighted by atomic mass is 10.1. The first-order chi connectivity index (χ1) is 9.58. The first kappa shape index (κ1) is 16.5. The molecule has 110 valence electrons. The van der Waals surface area contributed by atoms with Crippen LogP contribution in [0.2, 0.25) is 0 Å². The Morgan fingerprint density at radius 1 is 1.30 bits per heavy atom. The predicted octanol–water partition coefficient (Wildman–Crippen LogP) is 1.46. The Bertz CT molecular complexity index is 448. The highest BCUT2D eigenvalue weighted by atomic mass is 32.2. The average Bonchev–Trinajstić information content (AvgIpc) is 2.45. The number of amides is 2. The van der Waals surface area contributed by atoms with Gasteiger partial charge < -0.3 is 16.4 Å². The second kappa shape index (κ2) is 8.60. The second-order valence-corrected chi connectivity index (χ2v) is 5.30. The van der Waals surface area contributed by atoms with E-state index in [9.17, 15) is 9.59 Å². The molecule has 0 saturated carbocycles. The molecule has 20 heavy (non-hydrogen) atoms. The largest absolute Gasteiger partial charge is 0.352 e. The van der Waals surface area contributed by atoms with Crippen molar-refractivity contribution < 1.29 is 9.59 Å². The fourth-order valence-corrected chi connectivity index (χ4v) is 2.07. The zero-order valence-corrected chi connectivity index (χ0v) is 12.6. The zero-order valence-electron chi connectivity index (χ0n) is 11.8. The molecule has 1 aromatic carbocycles. The fourth-order valence-electron chi connectivity index (χ4n) is 1.58. The molecule has 0 aromatic heterocycles. The van der Waals surface area contributed by atoms with E-state index in [1.165, 1.54) is 0 Å². The summed E-state index contributed by atoms with van der Waals surface area (Å²) in [6, 6.07) is 6.24. The molecule has 2 amide bonds. The molecule has 0 aliphatic rings. The third-order valence-electron chi connectivity index (χ3n) is 2.72. The van der Waals surface area contributed by atoms with Gasteiger partial charge in [0, 0.05) is 17.8 Å². The van der Waals surface area contributed by atoms with Gasteiger partial charge in [0.15, 0.2) is 0 Å². The highest BCUT2D eigenvalue weighted by molar-refractivity contribution is 7.98. The number of nitrogens with one attached hydrogen (secondary N) is 2. The Morgan fingerprint density at radius 3 is 2.50 bits per heavy atom. The summed E-state index contributed by atoms with van der Waals surface area (Å²) in [5.74, 6) is 0.525. The predicted molar refractivity (Wildman–Crippen MR) is 84.1 cm³/mol. The molecule has 0 aliphatic heterocycles. The molecule has 5 nitrogen and oxygen atoms in total. The normalized spacial score (nSPS) is 11.8. The van der Waals surface area contributed by atoms with Crippen molar-refractivity contribution in [1.82, 2.24) is 5.32 Å². The van der Waals surface area contributed by atoms with E-state index in [0.29, 0.717) is 24.2 Å². The molecular weight excluding hydrogens is 274 g/mol. The smallest absolute Gasteiger partial charge is 0.251 e. The number of thioether (sulfide) groups is 1. The van der Waals surface area contributed by atoms with Crippen LogP contribution in [0.4, 0.5) is 5.69 Å². The minimum atomic E-state index is -0.509. The molecule has 1 aromatic rings. The Labute approximate surface area is 123 Å². The minimum Gasteiger partial charge on any atom is -0.352 e. The van der Waals surface area contributed by atoms with E-state index in [-0.39, 0.29) is 11.8 Å². The maximum Gasteiger partial charge on any atom is 0.251 e. The molecular formula is C14H21N3O2S. The number of nitrogens with two attached hydrogens (primary N) is 1. The molecule has 6 heteroatoms. The molecule has 0 saturated heterocycles. The highest BCUT2D eigenvalue weighted by Crippen LogP contribution is 2.10. The molecule has 0 fully saturated rings. The number of rotatable bonds is 7. The van der Waals surface area contributed by atoms with Crippen molar-refractivity contribution in [3.63, 3.8) is 0 Å². The third kappa shape index (κ3) is 5.22. The van der Waals surface area contributed by atoms with Gasteiger partial charge in [0.1, 0.15) is 0 Å². The number of carbonyl (C=O) groups is 2. The maximum absolute atomic E-state index is 11.8. The van der Waals surface area contributed by atoms with E-state index in [4.69, 9.17) is 5.73 Å². The van der Waals surface area contributed by atoms with Crippen LogP contribution in [-0.4, -0.2) is 36.4 Å². The summed E-state index contributed by atoms with van der Waals surface area (Å²) < 4.78 is 0. The van der Waals surface area contributed by atoms with Crippen LogP contribution in [0.25, 0.3) is 0 Å². The summed E-state index contributed by atoms with van der Waals surface area (Å²) in [5.41, 5.74) is 6.99. The van der Waals surface area contributed by atoms with Crippen molar-refractivity contribution in [2.24, 2.45) is 5.73 Å². The molecule has 0 spiro atoms. The third-order valence-corrected chi connectivity index (χ3v) is 3.37. The van der Waals surface area contributed by atoms with Gasteiger partial charge in [-0.15, -0.1) is 0 Å². The molecule has 1 rings (SSSR count). The molecule has 1 atom stereocenters. The number of hydrogen-bond acceptors (Lipinski definition) is 4. The van der Waals surface area contributed by atoms with Gasteiger partial charge in [-0.1, -0.05) is 0 Å².